The zero-order valence-corrected chi connectivity index (χ0v) is 26.0. The van der Waals surface area contributed by atoms with E-state index in [-0.39, 0.29) is 22.4 Å². The molecule has 8 heteroatoms. The Morgan fingerprint density at radius 3 is 2.38 bits per heavy atom. The molecule has 2 spiro atoms. The number of halogens is 3. The minimum atomic E-state index is -1.19. The number of amides is 2. The fourth-order valence-electron chi connectivity index (χ4n) is 9.95. The third-order valence-electron chi connectivity index (χ3n) is 12.0. The standard InChI is InChI=1S/C34H40Cl2FN3O2/c1-3-40-28(29(41)39-32-17-14-31(2,15-18-32)16-19-32)26(22-8-7-9-24(36)27(22)37)34(33(40)12-5-4-6-13-33)23-11-10-21(35)20-25(23)38-30(34)42/h7-11,20,26,28H,3-6,12-19H2,1-2H3,(H,38,42)(H,39,41)/t26-,28+,31?,32?,34+/m0/s1. The molecule has 2 bridgehead atoms. The summed E-state index contributed by atoms with van der Waals surface area (Å²) in [7, 11) is 0. The van der Waals surface area contributed by atoms with Crippen molar-refractivity contribution >= 4 is 40.7 Å². The molecule has 2 amide bonds. The maximum absolute atomic E-state index is 16.3. The van der Waals surface area contributed by atoms with E-state index in [2.05, 4.69) is 29.4 Å². The van der Waals surface area contributed by atoms with Crippen molar-refractivity contribution in [2.24, 2.45) is 5.41 Å². The lowest BCUT2D eigenvalue weighted by Gasteiger charge is -2.53. The maximum Gasteiger partial charge on any atom is 0.238 e. The molecule has 224 valence electrons. The second kappa shape index (κ2) is 9.93. The van der Waals surface area contributed by atoms with Gasteiger partial charge in [-0.05, 0) is 92.7 Å². The van der Waals surface area contributed by atoms with Crippen LogP contribution >= 0.6 is 23.2 Å². The molecule has 0 unspecified atom stereocenters. The first-order valence-electron chi connectivity index (χ1n) is 15.7. The molecule has 2 aromatic rings. The van der Waals surface area contributed by atoms with Crippen molar-refractivity contribution in [2.75, 3.05) is 11.9 Å². The molecule has 3 atom stereocenters. The van der Waals surface area contributed by atoms with E-state index >= 15 is 4.39 Å². The largest absolute Gasteiger partial charge is 0.349 e. The Bertz CT molecular complexity index is 1430. The van der Waals surface area contributed by atoms with Crippen LogP contribution in [0.25, 0.3) is 0 Å². The number of rotatable bonds is 4. The highest BCUT2D eigenvalue weighted by molar-refractivity contribution is 6.31. The van der Waals surface area contributed by atoms with E-state index in [0.717, 1.165) is 76.2 Å². The molecular formula is C34H40Cl2FN3O2. The molecule has 8 rings (SSSR count). The summed E-state index contributed by atoms with van der Waals surface area (Å²) in [6, 6.07) is 9.80. The molecule has 4 saturated carbocycles. The number of anilines is 1. The summed E-state index contributed by atoms with van der Waals surface area (Å²) in [5.74, 6) is -1.59. The number of hydrogen-bond donors (Lipinski definition) is 2. The number of carbonyl (C=O) groups is 2. The van der Waals surface area contributed by atoms with Gasteiger partial charge in [0.1, 0.15) is 11.2 Å². The van der Waals surface area contributed by atoms with Gasteiger partial charge in [0, 0.05) is 27.7 Å². The summed E-state index contributed by atoms with van der Waals surface area (Å²) in [4.78, 5) is 31.9. The molecule has 4 aliphatic carbocycles. The topological polar surface area (TPSA) is 61.4 Å². The van der Waals surface area contributed by atoms with Crippen LogP contribution in [0.1, 0.15) is 102 Å². The van der Waals surface area contributed by atoms with Gasteiger partial charge in [-0.3, -0.25) is 14.5 Å². The van der Waals surface area contributed by atoms with Crippen molar-refractivity contribution in [3.05, 3.63) is 63.4 Å². The van der Waals surface area contributed by atoms with E-state index in [1.54, 1.807) is 18.2 Å². The third-order valence-corrected chi connectivity index (χ3v) is 12.6. The van der Waals surface area contributed by atoms with Crippen LogP contribution in [0.4, 0.5) is 10.1 Å². The van der Waals surface area contributed by atoms with Crippen molar-refractivity contribution in [3.63, 3.8) is 0 Å². The molecule has 1 saturated heterocycles. The van der Waals surface area contributed by atoms with Crippen molar-refractivity contribution in [1.82, 2.24) is 10.2 Å². The Labute approximate surface area is 257 Å². The normalized spacial score (nSPS) is 35.0. The second-order valence-corrected chi connectivity index (χ2v) is 14.8. The lowest BCUT2D eigenvalue weighted by Crippen LogP contribution is -2.62. The molecule has 2 heterocycles. The van der Waals surface area contributed by atoms with Gasteiger partial charge in [0.2, 0.25) is 11.8 Å². The first-order chi connectivity index (χ1) is 20.1. The smallest absolute Gasteiger partial charge is 0.238 e. The quantitative estimate of drug-likeness (QED) is 0.371. The van der Waals surface area contributed by atoms with Crippen LogP contribution in [-0.4, -0.2) is 40.4 Å². The summed E-state index contributed by atoms with van der Waals surface area (Å²) in [5, 5.41) is 7.24. The molecule has 42 heavy (non-hydrogen) atoms. The van der Waals surface area contributed by atoms with Gasteiger partial charge in [0.05, 0.1) is 11.1 Å². The minimum Gasteiger partial charge on any atom is -0.349 e. The Morgan fingerprint density at radius 2 is 1.71 bits per heavy atom. The highest BCUT2D eigenvalue weighted by atomic mass is 35.5. The van der Waals surface area contributed by atoms with Gasteiger partial charge in [-0.15, -0.1) is 0 Å². The number of hydrogen-bond acceptors (Lipinski definition) is 3. The number of benzene rings is 2. The average Bonchev–Trinajstić information content (AvgIpc) is 3.40. The Kier molecular flexibility index (Phi) is 6.77. The fraction of sp³-hybridized carbons (Fsp3) is 0.588. The molecule has 5 nitrogen and oxygen atoms in total. The van der Waals surface area contributed by atoms with Crippen molar-refractivity contribution < 1.29 is 14.0 Å². The Morgan fingerprint density at radius 1 is 1.02 bits per heavy atom. The summed E-state index contributed by atoms with van der Waals surface area (Å²) in [6.45, 7) is 5.01. The number of nitrogens with one attached hydrogen (secondary N) is 2. The number of likely N-dealkylation sites (N-methyl/N-ethyl adjacent to an activating group) is 1. The molecule has 2 N–H and O–H groups in total. The molecule has 0 radical (unpaired) electrons. The van der Waals surface area contributed by atoms with Crippen molar-refractivity contribution in [1.29, 1.82) is 0 Å². The van der Waals surface area contributed by atoms with E-state index in [9.17, 15) is 9.59 Å². The van der Waals surface area contributed by atoms with Gasteiger partial charge in [0.25, 0.3) is 0 Å². The minimum absolute atomic E-state index is 0.00151. The first-order valence-corrected chi connectivity index (χ1v) is 16.5. The van der Waals surface area contributed by atoms with Crippen molar-refractivity contribution in [2.45, 2.75) is 113 Å². The zero-order chi connectivity index (χ0) is 29.5. The van der Waals surface area contributed by atoms with Crippen LogP contribution in [0.2, 0.25) is 10.0 Å². The van der Waals surface area contributed by atoms with E-state index in [4.69, 9.17) is 23.2 Å². The van der Waals surface area contributed by atoms with Crippen molar-refractivity contribution in [3.8, 4) is 0 Å². The van der Waals surface area contributed by atoms with Crippen LogP contribution in [0.3, 0.4) is 0 Å². The molecule has 2 aromatic carbocycles. The van der Waals surface area contributed by atoms with Gasteiger partial charge < -0.3 is 10.6 Å². The van der Waals surface area contributed by atoms with E-state index in [1.165, 1.54) is 6.07 Å². The molecule has 6 aliphatic rings. The molecular weight excluding hydrogens is 572 g/mol. The summed E-state index contributed by atoms with van der Waals surface area (Å²) >= 11 is 12.9. The van der Waals surface area contributed by atoms with Crippen LogP contribution < -0.4 is 10.6 Å². The number of fused-ring (bicyclic) bond motifs is 6. The van der Waals surface area contributed by atoms with Crippen LogP contribution in [0.15, 0.2) is 36.4 Å². The zero-order valence-electron chi connectivity index (χ0n) is 24.5. The number of nitrogens with zero attached hydrogens (tertiary/aromatic N) is 1. The summed E-state index contributed by atoms with van der Waals surface area (Å²) in [6.07, 6.45) is 10.6. The monoisotopic (exact) mass is 611 g/mol. The van der Waals surface area contributed by atoms with Gasteiger partial charge in [-0.2, -0.15) is 0 Å². The van der Waals surface area contributed by atoms with Gasteiger partial charge in [-0.25, -0.2) is 4.39 Å². The lowest BCUT2D eigenvalue weighted by molar-refractivity contribution is -0.132. The third kappa shape index (κ3) is 3.83. The SMILES string of the molecule is CCN1[C@@H](C(=O)NC23CCC(C)(CC2)CC3)[C@H](c2cccc(Cl)c2F)[C@]2(C(=O)Nc3cc(Cl)ccc32)C12CCCCC2. The Hall–Kier alpha value is -2.15. The predicted molar refractivity (Wildman–Crippen MR) is 165 cm³/mol. The van der Waals surface area contributed by atoms with Gasteiger partial charge in [-0.1, -0.05) is 74.5 Å². The van der Waals surface area contributed by atoms with Crippen LogP contribution in [0, 0.1) is 11.2 Å². The summed E-state index contributed by atoms with van der Waals surface area (Å²) in [5.41, 5.74) is 0.0567. The highest BCUT2D eigenvalue weighted by Crippen LogP contribution is 2.66. The number of carbonyl (C=O) groups excluding carboxylic acids is 2. The van der Waals surface area contributed by atoms with Crippen LogP contribution in [-0.2, 0) is 15.0 Å². The molecule has 0 aromatic heterocycles. The van der Waals surface area contributed by atoms with Gasteiger partial charge in [0.15, 0.2) is 0 Å². The second-order valence-electron chi connectivity index (χ2n) is 14.0. The van der Waals surface area contributed by atoms with Crippen LogP contribution in [0.5, 0.6) is 0 Å². The lowest BCUT2D eigenvalue weighted by atomic mass is 9.55. The van der Waals surface area contributed by atoms with Gasteiger partial charge >= 0.3 is 0 Å². The Balaban J connectivity index is 1.46. The van der Waals surface area contributed by atoms with E-state index in [0.29, 0.717) is 28.2 Å². The average molecular weight is 613 g/mol. The first kappa shape index (κ1) is 28.6. The highest BCUT2D eigenvalue weighted by Gasteiger charge is 2.75. The fourth-order valence-corrected chi connectivity index (χ4v) is 10.3. The predicted octanol–water partition coefficient (Wildman–Crippen LogP) is 7.74. The summed E-state index contributed by atoms with van der Waals surface area (Å²) < 4.78 is 16.3. The maximum atomic E-state index is 16.3. The van der Waals surface area contributed by atoms with E-state index < -0.39 is 28.7 Å². The number of likely N-dealkylation sites (tertiary alicyclic amines) is 1. The van der Waals surface area contributed by atoms with E-state index in [1.807, 2.05) is 12.1 Å². The molecule has 5 fully saturated rings. The molecule has 2 aliphatic heterocycles.